The Morgan fingerprint density at radius 2 is 1.30 bits per heavy atom. The first-order valence-electron chi connectivity index (χ1n) is 8.78. The summed E-state index contributed by atoms with van der Waals surface area (Å²) in [6.07, 6.45) is 0.420. The fourth-order valence-electron chi connectivity index (χ4n) is 2.55. The van der Waals surface area contributed by atoms with E-state index in [0.717, 1.165) is 11.4 Å². The third-order valence-electron chi connectivity index (χ3n) is 3.97. The van der Waals surface area contributed by atoms with Gasteiger partial charge in [-0.3, -0.25) is 9.59 Å². The highest BCUT2D eigenvalue weighted by atomic mass is 16.2. The number of rotatable bonds is 6. The van der Waals surface area contributed by atoms with Crippen LogP contribution in [0, 0.1) is 0 Å². The molecule has 3 aromatic carbocycles. The van der Waals surface area contributed by atoms with Crippen molar-refractivity contribution >= 4 is 34.6 Å². The van der Waals surface area contributed by atoms with Crippen LogP contribution in [-0.2, 0) is 4.79 Å². The molecule has 0 atom stereocenters. The second-order valence-electron chi connectivity index (χ2n) is 5.97. The Kier molecular flexibility index (Phi) is 5.84. The molecule has 0 heterocycles. The van der Waals surface area contributed by atoms with E-state index in [4.69, 9.17) is 0 Å². The van der Waals surface area contributed by atoms with Crippen molar-refractivity contribution in [3.8, 4) is 0 Å². The number of carbonyl (C=O) groups is 2. The zero-order valence-corrected chi connectivity index (χ0v) is 15.0. The van der Waals surface area contributed by atoms with E-state index in [1.54, 1.807) is 37.3 Å². The maximum atomic E-state index is 12.7. The number of anilines is 4. The summed E-state index contributed by atoms with van der Waals surface area (Å²) < 4.78 is 0. The summed E-state index contributed by atoms with van der Waals surface area (Å²) in [7, 11) is 0. The normalized spacial score (nSPS) is 10.1. The van der Waals surface area contributed by atoms with Crippen LogP contribution in [0.25, 0.3) is 0 Å². The van der Waals surface area contributed by atoms with Crippen molar-refractivity contribution in [3.63, 3.8) is 0 Å². The summed E-state index contributed by atoms with van der Waals surface area (Å²) in [5.41, 5.74) is 3.54. The minimum Gasteiger partial charge on any atom is -0.355 e. The summed E-state index contributed by atoms with van der Waals surface area (Å²) in [4.78, 5) is 24.1. The first-order valence-corrected chi connectivity index (χ1v) is 8.78. The fraction of sp³-hybridized carbons (Fsp3) is 0.0909. The van der Waals surface area contributed by atoms with Crippen LogP contribution in [0.3, 0.4) is 0 Å². The summed E-state index contributed by atoms with van der Waals surface area (Å²) >= 11 is 0. The Morgan fingerprint density at radius 3 is 1.96 bits per heavy atom. The number of nitrogens with one attached hydrogen (secondary N) is 3. The van der Waals surface area contributed by atoms with Crippen LogP contribution in [0.4, 0.5) is 22.7 Å². The van der Waals surface area contributed by atoms with Crippen LogP contribution >= 0.6 is 0 Å². The summed E-state index contributed by atoms with van der Waals surface area (Å²) in [6.45, 7) is 1.80. The highest BCUT2D eigenvalue weighted by molar-refractivity contribution is 6.08. The zero-order valence-electron chi connectivity index (χ0n) is 15.0. The molecule has 0 unspecified atom stereocenters. The second-order valence-corrected chi connectivity index (χ2v) is 5.97. The van der Waals surface area contributed by atoms with E-state index in [-0.39, 0.29) is 11.8 Å². The number of hydrogen-bond donors (Lipinski definition) is 3. The molecule has 0 saturated carbocycles. The van der Waals surface area contributed by atoms with Gasteiger partial charge in [0, 0.05) is 23.5 Å². The average molecular weight is 359 g/mol. The van der Waals surface area contributed by atoms with Crippen LogP contribution in [0.2, 0.25) is 0 Å². The number of para-hydroxylation sites is 2. The fourth-order valence-corrected chi connectivity index (χ4v) is 2.55. The SMILES string of the molecule is CCC(=O)Nc1ccc(NC(=O)c2ccccc2Nc2ccccc2)cc1. The van der Waals surface area contributed by atoms with Gasteiger partial charge in [0.15, 0.2) is 0 Å². The minimum absolute atomic E-state index is 0.0484. The third-order valence-corrected chi connectivity index (χ3v) is 3.97. The standard InChI is InChI=1S/C22H21N3O2/c1-2-21(26)24-17-12-14-18(15-13-17)25-22(27)19-10-6-7-11-20(19)23-16-8-4-3-5-9-16/h3-15,23H,2H2,1H3,(H,24,26)(H,25,27). The Balaban J connectivity index is 1.72. The van der Waals surface area contributed by atoms with E-state index in [1.807, 2.05) is 48.5 Å². The molecule has 0 radical (unpaired) electrons. The molecular formula is C22H21N3O2. The third kappa shape index (κ3) is 4.95. The molecule has 0 bridgehead atoms. The molecule has 2 amide bonds. The largest absolute Gasteiger partial charge is 0.355 e. The molecule has 0 aliphatic heterocycles. The maximum Gasteiger partial charge on any atom is 0.257 e. The monoisotopic (exact) mass is 359 g/mol. The van der Waals surface area contributed by atoms with Crippen molar-refractivity contribution in [2.45, 2.75) is 13.3 Å². The van der Waals surface area contributed by atoms with Gasteiger partial charge in [0.05, 0.1) is 11.3 Å². The molecular weight excluding hydrogens is 338 g/mol. The molecule has 0 saturated heterocycles. The van der Waals surface area contributed by atoms with Crippen LogP contribution in [0.15, 0.2) is 78.9 Å². The smallest absolute Gasteiger partial charge is 0.257 e. The van der Waals surface area contributed by atoms with Gasteiger partial charge in [-0.2, -0.15) is 0 Å². The Hall–Kier alpha value is -3.60. The Bertz CT molecular complexity index is 922. The molecule has 0 fully saturated rings. The Morgan fingerprint density at radius 1 is 0.704 bits per heavy atom. The number of amides is 2. The van der Waals surface area contributed by atoms with Gasteiger partial charge in [0.1, 0.15) is 0 Å². The van der Waals surface area contributed by atoms with E-state index < -0.39 is 0 Å². The van der Waals surface area contributed by atoms with Gasteiger partial charge in [-0.15, -0.1) is 0 Å². The van der Waals surface area contributed by atoms with Gasteiger partial charge in [0.25, 0.3) is 5.91 Å². The van der Waals surface area contributed by atoms with E-state index in [1.165, 1.54) is 0 Å². The van der Waals surface area contributed by atoms with Crippen molar-refractivity contribution in [1.82, 2.24) is 0 Å². The van der Waals surface area contributed by atoms with E-state index in [2.05, 4.69) is 16.0 Å². The topological polar surface area (TPSA) is 70.2 Å². The average Bonchev–Trinajstić information content (AvgIpc) is 2.70. The molecule has 0 aromatic heterocycles. The van der Waals surface area contributed by atoms with Gasteiger partial charge in [-0.25, -0.2) is 0 Å². The number of hydrogen-bond acceptors (Lipinski definition) is 3. The molecule has 0 aliphatic carbocycles. The quantitative estimate of drug-likeness (QED) is 0.578. The van der Waals surface area contributed by atoms with Gasteiger partial charge in [-0.05, 0) is 48.5 Å². The lowest BCUT2D eigenvalue weighted by Gasteiger charge is -2.12. The molecule has 5 nitrogen and oxygen atoms in total. The summed E-state index contributed by atoms with van der Waals surface area (Å²) in [5, 5.41) is 8.93. The molecule has 3 aromatic rings. The molecule has 27 heavy (non-hydrogen) atoms. The second kappa shape index (κ2) is 8.67. The summed E-state index contributed by atoms with van der Waals surface area (Å²) in [5.74, 6) is -0.257. The van der Waals surface area contributed by atoms with Gasteiger partial charge >= 0.3 is 0 Å². The molecule has 5 heteroatoms. The van der Waals surface area contributed by atoms with E-state index in [0.29, 0.717) is 23.4 Å². The highest BCUT2D eigenvalue weighted by Gasteiger charge is 2.11. The van der Waals surface area contributed by atoms with Crippen LogP contribution in [0.1, 0.15) is 23.7 Å². The van der Waals surface area contributed by atoms with Gasteiger partial charge in [0.2, 0.25) is 5.91 Å². The predicted octanol–water partition coefficient (Wildman–Crippen LogP) is 5.03. The van der Waals surface area contributed by atoms with Crippen molar-refractivity contribution in [3.05, 3.63) is 84.4 Å². The van der Waals surface area contributed by atoms with Gasteiger partial charge < -0.3 is 16.0 Å². The van der Waals surface area contributed by atoms with Crippen molar-refractivity contribution in [1.29, 1.82) is 0 Å². The van der Waals surface area contributed by atoms with E-state index >= 15 is 0 Å². The van der Waals surface area contributed by atoms with Crippen molar-refractivity contribution < 1.29 is 9.59 Å². The lowest BCUT2D eigenvalue weighted by atomic mass is 10.1. The van der Waals surface area contributed by atoms with Gasteiger partial charge in [-0.1, -0.05) is 37.3 Å². The minimum atomic E-state index is -0.209. The number of carbonyl (C=O) groups excluding carboxylic acids is 2. The zero-order chi connectivity index (χ0) is 19.1. The van der Waals surface area contributed by atoms with Crippen LogP contribution in [-0.4, -0.2) is 11.8 Å². The first kappa shape index (κ1) is 18.2. The summed E-state index contributed by atoms with van der Waals surface area (Å²) in [6, 6.07) is 24.1. The van der Waals surface area contributed by atoms with Crippen LogP contribution < -0.4 is 16.0 Å². The molecule has 3 N–H and O–H groups in total. The lowest BCUT2D eigenvalue weighted by molar-refractivity contribution is -0.115. The van der Waals surface area contributed by atoms with Crippen molar-refractivity contribution in [2.75, 3.05) is 16.0 Å². The lowest BCUT2D eigenvalue weighted by Crippen LogP contribution is -2.14. The molecule has 3 rings (SSSR count). The Labute approximate surface area is 158 Å². The number of benzene rings is 3. The first-order chi connectivity index (χ1) is 13.2. The molecule has 0 aliphatic rings. The maximum absolute atomic E-state index is 12.7. The van der Waals surface area contributed by atoms with E-state index in [9.17, 15) is 9.59 Å². The van der Waals surface area contributed by atoms with Crippen LogP contribution in [0.5, 0.6) is 0 Å². The van der Waals surface area contributed by atoms with Crippen molar-refractivity contribution in [2.24, 2.45) is 0 Å². The molecule has 136 valence electrons. The predicted molar refractivity (Wildman–Crippen MR) is 109 cm³/mol. The highest BCUT2D eigenvalue weighted by Crippen LogP contribution is 2.22. The molecule has 0 spiro atoms.